The molecule has 0 spiro atoms. The summed E-state index contributed by atoms with van der Waals surface area (Å²) in [4.78, 5) is 0. The van der Waals surface area contributed by atoms with Gasteiger partial charge in [-0.05, 0) is 30.2 Å². The molecule has 0 amide bonds. The summed E-state index contributed by atoms with van der Waals surface area (Å²) in [7, 11) is 0. The van der Waals surface area contributed by atoms with Gasteiger partial charge in [0, 0.05) is 5.56 Å². The van der Waals surface area contributed by atoms with Crippen molar-refractivity contribution in [1.82, 2.24) is 0 Å². The highest BCUT2D eigenvalue weighted by molar-refractivity contribution is 5.22. The summed E-state index contributed by atoms with van der Waals surface area (Å²) in [6.07, 6.45) is 3.15. The Hall–Kier alpha value is -0.960. The molecule has 0 heterocycles. The number of aliphatic hydroxyl groups is 1. The fourth-order valence-corrected chi connectivity index (χ4v) is 3.07. The van der Waals surface area contributed by atoms with E-state index in [-0.39, 0.29) is 16.9 Å². The molecule has 0 saturated heterocycles. The summed E-state index contributed by atoms with van der Waals surface area (Å²) in [5, 5.41) is 10.4. The summed E-state index contributed by atoms with van der Waals surface area (Å²) in [5.74, 6) is -1.81. The van der Waals surface area contributed by atoms with Crippen LogP contribution in [0.3, 0.4) is 0 Å². The van der Waals surface area contributed by atoms with E-state index in [4.69, 9.17) is 0 Å². The normalized spacial score (nSPS) is 24.8. The van der Waals surface area contributed by atoms with Gasteiger partial charge in [0.25, 0.3) is 0 Å². The highest BCUT2D eigenvalue weighted by Crippen LogP contribution is 2.47. The van der Waals surface area contributed by atoms with Gasteiger partial charge >= 0.3 is 0 Å². The molecule has 0 radical (unpaired) electrons. The summed E-state index contributed by atoms with van der Waals surface area (Å²) in [6, 6.07) is 4.01. The Morgan fingerprint density at radius 1 is 1.28 bits per heavy atom. The molecule has 2 rings (SSSR count). The molecular weight excluding hydrogens is 234 g/mol. The standard InChI is InChI=1S/C15H20F2O/c1-15(2)9-4-3-7-11(15)14(18)10-6-5-8-12(16)13(10)17/h5-6,8,11,14,18H,3-4,7,9H2,1-2H3. The summed E-state index contributed by atoms with van der Waals surface area (Å²) >= 11 is 0. The van der Waals surface area contributed by atoms with Crippen LogP contribution in [0.1, 0.15) is 51.2 Å². The minimum atomic E-state index is -0.920. The van der Waals surface area contributed by atoms with Crippen molar-refractivity contribution in [1.29, 1.82) is 0 Å². The predicted octanol–water partition coefficient (Wildman–Crippen LogP) is 4.21. The van der Waals surface area contributed by atoms with Crippen molar-refractivity contribution in [3.63, 3.8) is 0 Å². The van der Waals surface area contributed by atoms with Gasteiger partial charge < -0.3 is 5.11 Å². The van der Waals surface area contributed by atoms with Crippen LogP contribution in [0.5, 0.6) is 0 Å². The van der Waals surface area contributed by atoms with Gasteiger partial charge in [0.05, 0.1) is 6.10 Å². The zero-order valence-electron chi connectivity index (χ0n) is 10.9. The van der Waals surface area contributed by atoms with Crippen molar-refractivity contribution in [3.05, 3.63) is 35.4 Å². The number of hydrogen-bond acceptors (Lipinski definition) is 1. The van der Waals surface area contributed by atoms with Gasteiger partial charge in [-0.25, -0.2) is 8.78 Å². The molecule has 1 aliphatic carbocycles. The second-order valence-electron chi connectivity index (χ2n) is 5.93. The SMILES string of the molecule is CC1(C)CCCCC1C(O)c1cccc(F)c1F. The fourth-order valence-electron chi connectivity index (χ4n) is 3.07. The molecular formula is C15H20F2O. The summed E-state index contributed by atoms with van der Waals surface area (Å²) < 4.78 is 26.9. The Morgan fingerprint density at radius 2 is 2.00 bits per heavy atom. The molecule has 1 nitrogen and oxygen atoms in total. The predicted molar refractivity (Wildman–Crippen MR) is 67.1 cm³/mol. The van der Waals surface area contributed by atoms with Gasteiger partial charge in [0.15, 0.2) is 11.6 Å². The molecule has 18 heavy (non-hydrogen) atoms. The lowest BCUT2D eigenvalue weighted by Gasteiger charge is -2.41. The van der Waals surface area contributed by atoms with E-state index in [1.54, 1.807) is 0 Å². The van der Waals surface area contributed by atoms with E-state index in [2.05, 4.69) is 13.8 Å². The first-order valence-corrected chi connectivity index (χ1v) is 6.55. The number of benzene rings is 1. The molecule has 2 atom stereocenters. The van der Waals surface area contributed by atoms with Crippen molar-refractivity contribution in [2.45, 2.75) is 45.6 Å². The third kappa shape index (κ3) is 2.41. The van der Waals surface area contributed by atoms with Crippen molar-refractivity contribution >= 4 is 0 Å². The number of hydrogen-bond donors (Lipinski definition) is 1. The van der Waals surface area contributed by atoms with Crippen molar-refractivity contribution in [3.8, 4) is 0 Å². The summed E-state index contributed by atoms with van der Waals surface area (Å²) in [6.45, 7) is 4.19. The maximum atomic E-state index is 13.7. The molecule has 1 fully saturated rings. The fraction of sp³-hybridized carbons (Fsp3) is 0.600. The monoisotopic (exact) mass is 254 g/mol. The van der Waals surface area contributed by atoms with Crippen LogP contribution in [0.2, 0.25) is 0 Å². The van der Waals surface area contributed by atoms with E-state index in [0.717, 1.165) is 31.7 Å². The Balaban J connectivity index is 2.30. The lowest BCUT2D eigenvalue weighted by molar-refractivity contribution is 0.00166. The van der Waals surface area contributed by atoms with Crippen LogP contribution >= 0.6 is 0 Å². The molecule has 0 bridgehead atoms. The van der Waals surface area contributed by atoms with E-state index >= 15 is 0 Å². The minimum Gasteiger partial charge on any atom is -0.388 e. The topological polar surface area (TPSA) is 20.2 Å². The van der Waals surface area contributed by atoms with Crippen molar-refractivity contribution in [2.24, 2.45) is 11.3 Å². The second-order valence-corrected chi connectivity index (χ2v) is 5.93. The lowest BCUT2D eigenvalue weighted by Crippen LogP contribution is -2.33. The zero-order chi connectivity index (χ0) is 13.3. The average Bonchev–Trinajstić information content (AvgIpc) is 2.31. The largest absolute Gasteiger partial charge is 0.388 e. The van der Waals surface area contributed by atoms with E-state index in [1.165, 1.54) is 12.1 Å². The Bertz CT molecular complexity index is 429. The highest BCUT2D eigenvalue weighted by Gasteiger charge is 2.38. The van der Waals surface area contributed by atoms with Crippen molar-refractivity contribution < 1.29 is 13.9 Å². The molecule has 1 aromatic rings. The summed E-state index contributed by atoms with van der Waals surface area (Å²) in [5.41, 5.74) is 0.0612. The molecule has 1 aliphatic rings. The van der Waals surface area contributed by atoms with Gasteiger partial charge in [-0.1, -0.05) is 38.8 Å². The van der Waals surface area contributed by atoms with E-state index < -0.39 is 17.7 Å². The molecule has 2 unspecified atom stereocenters. The van der Waals surface area contributed by atoms with Crippen LogP contribution in [0, 0.1) is 23.0 Å². The molecule has 1 N–H and O–H groups in total. The quantitative estimate of drug-likeness (QED) is 0.838. The number of halogens is 2. The van der Waals surface area contributed by atoms with E-state index in [0.29, 0.717) is 0 Å². The first kappa shape index (κ1) is 13.5. The van der Waals surface area contributed by atoms with Gasteiger partial charge in [-0.3, -0.25) is 0 Å². The van der Waals surface area contributed by atoms with Crippen molar-refractivity contribution in [2.75, 3.05) is 0 Å². The highest BCUT2D eigenvalue weighted by atomic mass is 19.2. The zero-order valence-corrected chi connectivity index (χ0v) is 10.9. The molecule has 0 aliphatic heterocycles. The smallest absolute Gasteiger partial charge is 0.164 e. The molecule has 100 valence electrons. The number of aliphatic hydroxyl groups excluding tert-OH is 1. The first-order valence-electron chi connectivity index (χ1n) is 6.55. The Labute approximate surface area is 107 Å². The van der Waals surface area contributed by atoms with Crippen LogP contribution in [-0.2, 0) is 0 Å². The van der Waals surface area contributed by atoms with Gasteiger partial charge in [0.1, 0.15) is 0 Å². The van der Waals surface area contributed by atoms with E-state index in [9.17, 15) is 13.9 Å². The molecule has 3 heteroatoms. The van der Waals surface area contributed by atoms with Crippen LogP contribution in [0.4, 0.5) is 8.78 Å². The van der Waals surface area contributed by atoms with Crippen LogP contribution in [0.15, 0.2) is 18.2 Å². The average molecular weight is 254 g/mol. The number of rotatable bonds is 2. The minimum absolute atomic E-state index is 0.0115. The molecule has 1 saturated carbocycles. The van der Waals surface area contributed by atoms with Crippen LogP contribution < -0.4 is 0 Å². The van der Waals surface area contributed by atoms with E-state index in [1.807, 2.05) is 0 Å². The van der Waals surface area contributed by atoms with Gasteiger partial charge in [0.2, 0.25) is 0 Å². The third-order valence-electron chi connectivity index (χ3n) is 4.27. The maximum absolute atomic E-state index is 13.7. The van der Waals surface area contributed by atoms with Crippen LogP contribution in [-0.4, -0.2) is 5.11 Å². The third-order valence-corrected chi connectivity index (χ3v) is 4.27. The lowest BCUT2D eigenvalue weighted by atomic mass is 9.65. The maximum Gasteiger partial charge on any atom is 0.164 e. The molecule has 1 aromatic carbocycles. The van der Waals surface area contributed by atoms with Crippen LogP contribution in [0.25, 0.3) is 0 Å². The van der Waals surface area contributed by atoms with Gasteiger partial charge in [-0.2, -0.15) is 0 Å². The Kier molecular flexibility index (Phi) is 3.71. The van der Waals surface area contributed by atoms with Gasteiger partial charge in [-0.15, -0.1) is 0 Å². The first-order chi connectivity index (χ1) is 8.43. The Morgan fingerprint density at radius 3 is 2.67 bits per heavy atom. The molecule has 0 aromatic heterocycles. The second kappa shape index (κ2) is 4.96.